The molecule has 2 heterocycles. The van der Waals surface area contributed by atoms with Crippen molar-refractivity contribution in [1.82, 2.24) is 15.1 Å². The zero-order valence-corrected chi connectivity index (χ0v) is 16.6. The van der Waals surface area contributed by atoms with Crippen molar-refractivity contribution in [2.45, 2.75) is 32.2 Å². The van der Waals surface area contributed by atoms with E-state index in [-0.39, 0.29) is 17.6 Å². The van der Waals surface area contributed by atoms with Gasteiger partial charge in [-0.05, 0) is 37.5 Å². The van der Waals surface area contributed by atoms with Crippen LogP contribution in [0.25, 0.3) is 16.5 Å². The second-order valence-corrected chi connectivity index (χ2v) is 7.52. The van der Waals surface area contributed by atoms with E-state index in [1.54, 1.807) is 12.1 Å². The Labute approximate surface area is 172 Å². The number of nitrogens with zero attached hydrogens (tertiary/aromatic N) is 3. The second-order valence-electron chi connectivity index (χ2n) is 7.52. The molecule has 0 aliphatic carbocycles. The van der Waals surface area contributed by atoms with Crippen LogP contribution in [0.4, 0.5) is 14.6 Å². The van der Waals surface area contributed by atoms with E-state index in [4.69, 9.17) is 0 Å². The average Bonchev–Trinajstić information content (AvgIpc) is 2.94. The lowest BCUT2D eigenvalue weighted by Gasteiger charge is -2.27. The van der Waals surface area contributed by atoms with Crippen LogP contribution in [0.15, 0.2) is 47.3 Å². The second kappa shape index (κ2) is 8.22. The van der Waals surface area contributed by atoms with Crippen LogP contribution in [0.3, 0.4) is 0 Å². The fraction of sp³-hybridized carbons (Fsp3) is 0.318. The van der Waals surface area contributed by atoms with Gasteiger partial charge in [0.25, 0.3) is 5.56 Å². The Hall–Kier alpha value is -3.29. The molecule has 8 heteroatoms. The smallest absolute Gasteiger partial charge is 0.279 e. The first kappa shape index (κ1) is 20.0. The summed E-state index contributed by atoms with van der Waals surface area (Å²) in [5, 5.41) is 8.51. The van der Waals surface area contributed by atoms with Gasteiger partial charge >= 0.3 is 0 Å². The van der Waals surface area contributed by atoms with Crippen molar-refractivity contribution in [3.8, 4) is 5.69 Å². The summed E-state index contributed by atoms with van der Waals surface area (Å²) in [6.45, 7) is 2.71. The molecule has 1 atom stereocenters. The van der Waals surface area contributed by atoms with Crippen LogP contribution >= 0.6 is 0 Å². The van der Waals surface area contributed by atoms with Gasteiger partial charge in [-0.1, -0.05) is 18.2 Å². The lowest BCUT2D eigenvalue weighted by molar-refractivity contribution is -0.119. The minimum atomic E-state index is -0.863. The van der Waals surface area contributed by atoms with Gasteiger partial charge in [0, 0.05) is 37.5 Å². The number of fused-ring (bicyclic) bond motifs is 1. The molecular formula is C22H22F2N4O2. The van der Waals surface area contributed by atoms with E-state index in [1.165, 1.54) is 13.0 Å². The molecule has 0 bridgehead atoms. The van der Waals surface area contributed by atoms with Crippen molar-refractivity contribution in [2.24, 2.45) is 0 Å². The summed E-state index contributed by atoms with van der Waals surface area (Å²) >= 11 is 0. The van der Waals surface area contributed by atoms with E-state index in [0.717, 1.165) is 36.1 Å². The first-order valence-electron chi connectivity index (χ1n) is 9.93. The van der Waals surface area contributed by atoms with Crippen LogP contribution in [0, 0.1) is 11.6 Å². The van der Waals surface area contributed by atoms with Crippen LogP contribution < -0.4 is 15.8 Å². The fourth-order valence-corrected chi connectivity index (χ4v) is 3.96. The van der Waals surface area contributed by atoms with Crippen molar-refractivity contribution >= 4 is 22.5 Å². The maximum absolute atomic E-state index is 14.5. The van der Waals surface area contributed by atoms with Crippen molar-refractivity contribution in [2.75, 3.05) is 18.0 Å². The number of benzene rings is 2. The molecule has 1 aromatic heterocycles. The molecule has 1 unspecified atom stereocenters. The minimum absolute atomic E-state index is 0.0477. The van der Waals surface area contributed by atoms with E-state index in [9.17, 15) is 18.4 Å². The van der Waals surface area contributed by atoms with Crippen LogP contribution in [0.1, 0.15) is 26.2 Å². The fourth-order valence-electron chi connectivity index (χ4n) is 3.96. The van der Waals surface area contributed by atoms with Gasteiger partial charge in [-0.15, -0.1) is 5.10 Å². The van der Waals surface area contributed by atoms with Gasteiger partial charge in [-0.2, -0.15) is 4.68 Å². The lowest BCUT2D eigenvalue weighted by Crippen LogP contribution is -2.42. The number of anilines is 1. The third-order valence-corrected chi connectivity index (χ3v) is 5.30. The first-order chi connectivity index (χ1) is 14.4. The largest absolute Gasteiger partial charge is 0.353 e. The van der Waals surface area contributed by atoms with Crippen LogP contribution in [-0.4, -0.2) is 34.8 Å². The molecule has 1 amide bonds. The van der Waals surface area contributed by atoms with Crippen molar-refractivity contribution in [3.05, 3.63) is 64.5 Å². The summed E-state index contributed by atoms with van der Waals surface area (Å²) in [7, 11) is 0. The summed E-state index contributed by atoms with van der Waals surface area (Å²) in [4.78, 5) is 26.6. The zero-order valence-electron chi connectivity index (χ0n) is 16.6. The van der Waals surface area contributed by atoms with E-state index >= 15 is 0 Å². The molecule has 3 aromatic rings. The normalized spacial score (nSPS) is 17.0. The predicted molar refractivity (Wildman–Crippen MR) is 111 cm³/mol. The van der Waals surface area contributed by atoms with E-state index < -0.39 is 17.2 Å². The summed E-state index contributed by atoms with van der Waals surface area (Å²) in [5.74, 6) is -1.15. The molecular weight excluding hydrogens is 390 g/mol. The lowest BCUT2D eigenvalue weighted by atomic mass is 10.1. The van der Waals surface area contributed by atoms with E-state index in [1.807, 2.05) is 17.0 Å². The number of carbonyl (C=O) groups is 1. The van der Waals surface area contributed by atoms with Gasteiger partial charge in [0.05, 0.1) is 5.39 Å². The molecule has 156 valence electrons. The third-order valence-electron chi connectivity index (χ3n) is 5.30. The molecule has 1 saturated heterocycles. The summed E-state index contributed by atoms with van der Waals surface area (Å²) < 4.78 is 28.8. The van der Waals surface area contributed by atoms with Gasteiger partial charge in [0.15, 0.2) is 11.6 Å². The monoisotopic (exact) mass is 412 g/mol. The van der Waals surface area contributed by atoms with Crippen LogP contribution in [-0.2, 0) is 4.79 Å². The predicted octanol–water partition coefficient (Wildman–Crippen LogP) is 3.16. The molecule has 1 aliphatic rings. The Bertz CT molecular complexity index is 1160. The molecule has 1 fully saturated rings. The quantitative estimate of drug-likeness (QED) is 0.718. The number of amides is 1. The molecule has 0 radical (unpaired) electrons. The molecule has 0 spiro atoms. The van der Waals surface area contributed by atoms with E-state index in [0.29, 0.717) is 29.7 Å². The molecule has 0 saturated carbocycles. The molecule has 30 heavy (non-hydrogen) atoms. The van der Waals surface area contributed by atoms with Gasteiger partial charge in [0.1, 0.15) is 11.5 Å². The van der Waals surface area contributed by atoms with Crippen LogP contribution in [0.5, 0.6) is 0 Å². The zero-order chi connectivity index (χ0) is 21.3. The number of nitrogens with one attached hydrogen (secondary N) is 1. The molecule has 1 N–H and O–H groups in total. The standard InChI is InChI=1S/C22H22F2N4O2/c1-14(29)25-16-6-4-5-11-27(13-16)21-17-7-2-3-8-18(17)22(30)28(26-21)20-10-9-15(23)12-19(20)24/h2-3,7-10,12,16H,4-6,11,13H2,1H3,(H,25,29). The number of hydrogen-bond donors (Lipinski definition) is 1. The highest BCUT2D eigenvalue weighted by molar-refractivity contribution is 5.91. The SMILES string of the molecule is CC(=O)NC1CCCCN(c2nn(-c3ccc(F)cc3F)c(=O)c3ccccc23)C1. The van der Waals surface area contributed by atoms with Crippen molar-refractivity contribution in [1.29, 1.82) is 0 Å². The van der Waals surface area contributed by atoms with Gasteiger partial charge in [-0.3, -0.25) is 9.59 Å². The van der Waals surface area contributed by atoms with Gasteiger partial charge in [0.2, 0.25) is 5.91 Å². The maximum Gasteiger partial charge on any atom is 0.279 e. The van der Waals surface area contributed by atoms with Gasteiger partial charge < -0.3 is 10.2 Å². The Morgan fingerprint density at radius 2 is 1.90 bits per heavy atom. The highest BCUT2D eigenvalue weighted by Crippen LogP contribution is 2.26. The Morgan fingerprint density at radius 3 is 2.63 bits per heavy atom. The molecule has 6 nitrogen and oxygen atoms in total. The first-order valence-corrected chi connectivity index (χ1v) is 9.93. The highest BCUT2D eigenvalue weighted by atomic mass is 19.1. The molecule has 4 rings (SSSR count). The summed E-state index contributed by atoms with van der Waals surface area (Å²) in [6, 6.07) is 10.0. The number of halogens is 2. The number of aromatic nitrogens is 2. The van der Waals surface area contributed by atoms with Crippen LogP contribution in [0.2, 0.25) is 0 Å². The average molecular weight is 412 g/mol. The van der Waals surface area contributed by atoms with Gasteiger partial charge in [-0.25, -0.2) is 8.78 Å². The van der Waals surface area contributed by atoms with Crippen molar-refractivity contribution in [3.63, 3.8) is 0 Å². The third kappa shape index (κ3) is 3.90. The Morgan fingerprint density at radius 1 is 1.13 bits per heavy atom. The minimum Gasteiger partial charge on any atom is -0.353 e. The molecule has 1 aliphatic heterocycles. The van der Waals surface area contributed by atoms with E-state index in [2.05, 4.69) is 10.4 Å². The number of hydrogen-bond acceptors (Lipinski definition) is 4. The Kier molecular flexibility index (Phi) is 5.48. The Balaban J connectivity index is 1.88. The summed E-state index contributed by atoms with van der Waals surface area (Å²) in [6.07, 6.45) is 2.70. The highest BCUT2D eigenvalue weighted by Gasteiger charge is 2.23. The maximum atomic E-state index is 14.5. The number of carbonyl (C=O) groups excluding carboxylic acids is 1. The topological polar surface area (TPSA) is 67.2 Å². The van der Waals surface area contributed by atoms with Crippen molar-refractivity contribution < 1.29 is 13.6 Å². The molecule has 2 aromatic carbocycles. The summed E-state index contributed by atoms with van der Waals surface area (Å²) in [5.41, 5.74) is -0.588. The number of rotatable bonds is 3.